The Kier molecular flexibility index (Phi) is 64.3. The molecule has 0 saturated heterocycles. The zero-order valence-electron chi connectivity index (χ0n) is 7.47. The van der Waals surface area contributed by atoms with E-state index in [4.69, 9.17) is 5.26 Å². The normalized spacial score (nSPS) is 5.60. The minimum atomic E-state index is 0.625. The van der Waals surface area contributed by atoms with E-state index in [-0.39, 0.29) is 0 Å². The van der Waals surface area contributed by atoms with E-state index in [2.05, 4.69) is 9.78 Å². The molecule has 0 radical (unpaired) electrons. The van der Waals surface area contributed by atoms with Crippen molar-refractivity contribution in [3.05, 3.63) is 0 Å². The third-order valence-corrected chi connectivity index (χ3v) is 0.325. The highest BCUT2D eigenvalue weighted by atomic mass is 17.2. The van der Waals surface area contributed by atoms with Gasteiger partial charge in [0, 0.05) is 6.42 Å². The summed E-state index contributed by atoms with van der Waals surface area (Å²) in [6.45, 7) is 5.82. The minimum Gasteiger partial charge on any atom is -0.240 e. The van der Waals surface area contributed by atoms with E-state index in [1.165, 1.54) is 14.2 Å². The Morgan fingerprint density at radius 2 is 1.40 bits per heavy atom. The monoisotopic (exact) mass is 147 g/mol. The maximum Gasteiger partial charge on any atom is 0.0712 e. The molecule has 0 rings (SSSR count). The number of nitriles is 1. The molecule has 0 spiro atoms. The number of hydrogen-bond acceptors (Lipinski definition) is 3. The van der Waals surface area contributed by atoms with Gasteiger partial charge in [-0.2, -0.15) is 5.26 Å². The lowest BCUT2D eigenvalue weighted by molar-refractivity contribution is -0.248. The first-order valence-electron chi connectivity index (χ1n) is 3.27. The van der Waals surface area contributed by atoms with Gasteiger partial charge in [0.05, 0.1) is 20.3 Å². The average Bonchev–Trinajstić information content (AvgIpc) is 2.08. The van der Waals surface area contributed by atoms with Crippen LogP contribution >= 0.6 is 0 Å². The first kappa shape index (κ1) is 16.2. The van der Waals surface area contributed by atoms with Gasteiger partial charge >= 0.3 is 0 Å². The predicted octanol–water partition coefficient (Wildman–Crippen LogP) is 2.14. The lowest BCUT2D eigenvalue weighted by Gasteiger charge is -1.78. The van der Waals surface area contributed by atoms with E-state index < -0.39 is 0 Å². The molecule has 0 aliphatic rings. The lowest BCUT2D eigenvalue weighted by Crippen LogP contribution is -1.72. The Morgan fingerprint density at radius 1 is 1.20 bits per heavy atom. The Hall–Kier alpha value is -0.590. The zero-order valence-corrected chi connectivity index (χ0v) is 7.47. The van der Waals surface area contributed by atoms with Gasteiger partial charge in [-0.3, -0.25) is 0 Å². The first-order chi connectivity index (χ1) is 4.83. The van der Waals surface area contributed by atoms with Crippen LogP contribution in [0.1, 0.15) is 27.2 Å². The fourth-order valence-corrected chi connectivity index (χ4v) is 0. The molecule has 0 aliphatic heterocycles. The highest BCUT2D eigenvalue weighted by Crippen LogP contribution is 1.58. The van der Waals surface area contributed by atoms with E-state index in [0.717, 1.165) is 0 Å². The fraction of sp³-hybridized carbons (Fsp3) is 0.857. The van der Waals surface area contributed by atoms with Crippen molar-refractivity contribution in [3.63, 3.8) is 0 Å². The van der Waals surface area contributed by atoms with Crippen LogP contribution in [-0.4, -0.2) is 14.2 Å². The molecule has 3 heteroatoms. The third kappa shape index (κ3) is 153. The van der Waals surface area contributed by atoms with E-state index in [1.54, 1.807) is 0 Å². The fourth-order valence-electron chi connectivity index (χ4n) is 0. The van der Waals surface area contributed by atoms with Gasteiger partial charge in [-0.05, 0) is 0 Å². The van der Waals surface area contributed by atoms with Crippen LogP contribution in [0.25, 0.3) is 0 Å². The summed E-state index contributed by atoms with van der Waals surface area (Å²) >= 11 is 0. The van der Waals surface area contributed by atoms with E-state index in [9.17, 15) is 0 Å². The number of nitrogens with zero attached hydrogens (tertiary/aromatic N) is 1. The molecule has 0 heterocycles. The molecule has 3 nitrogen and oxygen atoms in total. The Bertz CT molecular complexity index is 57.1. The summed E-state index contributed by atoms with van der Waals surface area (Å²) in [5.74, 6) is 0. The van der Waals surface area contributed by atoms with Crippen LogP contribution in [0.5, 0.6) is 0 Å². The van der Waals surface area contributed by atoms with Crippen molar-refractivity contribution in [2.24, 2.45) is 0 Å². The molecule has 0 amide bonds. The molecular formula is C7H17NO2. The zero-order chi connectivity index (χ0) is 8.83. The molecule has 62 valence electrons. The summed E-state index contributed by atoms with van der Waals surface area (Å²) in [6.07, 6.45) is 0.625. The molecule has 0 aliphatic carbocycles. The molecule has 0 aromatic heterocycles. The van der Waals surface area contributed by atoms with Crippen molar-refractivity contribution in [3.8, 4) is 6.07 Å². The highest BCUT2D eigenvalue weighted by molar-refractivity contribution is 4.61. The molecule has 0 unspecified atom stereocenters. The first-order valence-corrected chi connectivity index (χ1v) is 3.27. The van der Waals surface area contributed by atoms with Gasteiger partial charge in [0.15, 0.2) is 0 Å². The van der Waals surface area contributed by atoms with Gasteiger partial charge in [0.25, 0.3) is 0 Å². The van der Waals surface area contributed by atoms with Crippen molar-refractivity contribution < 1.29 is 9.78 Å². The summed E-state index contributed by atoms with van der Waals surface area (Å²) in [6, 6.07) is 1.93. The van der Waals surface area contributed by atoms with Crippen LogP contribution < -0.4 is 0 Å². The van der Waals surface area contributed by atoms with Gasteiger partial charge < -0.3 is 0 Å². The summed E-state index contributed by atoms with van der Waals surface area (Å²) in [5, 5.41) is 7.62. The van der Waals surface area contributed by atoms with Crippen molar-refractivity contribution in [2.45, 2.75) is 27.2 Å². The number of rotatable bonds is 1. The minimum absolute atomic E-state index is 0.625. The third-order valence-electron chi connectivity index (χ3n) is 0.325. The Balaban J connectivity index is -0.0000000787. The van der Waals surface area contributed by atoms with E-state index >= 15 is 0 Å². The van der Waals surface area contributed by atoms with Gasteiger partial charge in [-0.1, -0.05) is 20.8 Å². The summed E-state index contributed by atoms with van der Waals surface area (Å²) in [4.78, 5) is 8.08. The van der Waals surface area contributed by atoms with Crippen molar-refractivity contribution in [1.29, 1.82) is 5.26 Å². The second-order valence-corrected chi connectivity index (χ2v) is 0.845. The predicted molar refractivity (Wildman–Crippen MR) is 41.3 cm³/mol. The molecule has 0 fully saturated rings. The quantitative estimate of drug-likeness (QED) is 0.421. The second kappa shape index (κ2) is 39.7. The number of hydrogen-bond donors (Lipinski definition) is 0. The summed E-state index contributed by atoms with van der Waals surface area (Å²) in [7, 11) is 2.92. The van der Waals surface area contributed by atoms with Crippen LogP contribution in [-0.2, 0) is 9.78 Å². The Morgan fingerprint density at radius 3 is 1.40 bits per heavy atom. The van der Waals surface area contributed by atoms with Gasteiger partial charge in [-0.15, -0.1) is 0 Å². The average molecular weight is 147 g/mol. The molecule has 0 atom stereocenters. The standard InChI is InChI=1S/C3H5N.C2H6O2.C2H6/c1-2-3-4;1-3-4-2;1-2/h2H2,1H3;1-2H3;1-2H3. The van der Waals surface area contributed by atoms with Crippen LogP contribution in [0, 0.1) is 11.3 Å². The Labute approximate surface area is 63.5 Å². The highest BCUT2D eigenvalue weighted by Gasteiger charge is 1.49. The van der Waals surface area contributed by atoms with Crippen molar-refractivity contribution in [1.82, 2.24) is 0 Å². The summed E-state index contributed by atoms with van der Waals surface area (Å²) in [5.41, 5.74) is 0. The van der Waals surface area contributed by atoms with E-state index in [1.807, 2.05) is 26.8 Å². The van der Waals surface area contributed by atoms with Gasteiger partial charge in [-0.25, -0.2) is 9.78 Å². The summed E-state index contributed by atoms with van der Waals surface area (Å²) < 4.78 is 0. The lowest BCUT2D eigenvalue weighted by atomic mass is 10.6. The molecule has 10 heavy (non-hydrogen) atoms. The van der Waals surface area contributed by atoms with Crippen LogP contribution in [0.4, 0.5) is 0 Å². The second-order valence-electron chi connectivity index (χ2n) is 0.845. The van der Waals surface area contributed by atoms with Crippen molar-refractivity contribution >= 4 is 0 Å². The largest absolute Gasteiger partial charge is 0.240 e. The molecule has 0 saturated carbocycles. The SMILES string of the molecule is CC.CCC#N.COOC. The van der Waals surface area contributed by atoms with Gasteiger partial charge in [0.2, 0.25) is 0 Å². The van der Waals surface area contributed by atoms with Crippen LogP contribution in [0.3, 0.4) is 0 Å². The molecule has 0 aromatic carbocycles. The maximum absolute atomic E-state index is 7.62. The maximum atomic E-state index is 7.62. The van der Waals surface area contributed by atoms with Crippen LogP contribution in [0.2, 0.25) is 0 Å². The molecular weight excluding hydrogens is 130 g/mol. The van der Waals surface area contributed by atoms with Gasteiger partial charge in [0.1, 0.15) is 0 Å². The topological polar surface area (TPSA) is 42.2 Å². The van der Waals surface area contributed by atoms with E-state index in [0.29, 0.717) is 6.42 Å². The molecule has 0 bridgehead atoms. The molecule has 0 aromatic rings. The van der Waals surface area contributed by atoms with Crippen molar-refractivity contribution in [2.75, 3.05) is 14.2 Å². The molecule has 0 N–H and O–H groups in total. The smallest absolute Gasteiger partial charge is 0.0712 e. The van der Waals surface area contributed by atoms with Crippen LogP contribution in [0.15, 0.2) is 0 Å².